The molecule has 0 aromatic heterocycles. The molecule has 0 saturated carbocycles. The van der Waals surface area contributed by atoms with Crippen LogP contribution < -0.4 is 4.90 Å². The van der Waals surface area contributed by atoms with Crippen LogP contribution in [0.2, 0.25) is 10.0 Å². The summed E-state index contributed by atoms with van der Waals surface area (Å²) < 4.78 is 5.09. The number of aliphatic imine (C=N–C) groups is 1. The summed E-state index contributed by atoms with van der Waals surface area (Å²) in [6.07, 6.45) is 0. The molecular formula is C24H16Cl2N2O6. The molecule has 1 fully saturated rings. The normalized spacial score (nSPS) is 23.4. The van der Waals surface area contributed by atoms with Crippen LogP contribution in [-0.4, -0.2) is 47.0 Å². The average molecular weight is 499 g/mol. The van der Waals surface area contributed by atoms with Crippen LogP contribution in [0.25, 0.3) is 5.76 Å². The molecule has 172 valence electrons. The average Bonchev–Trinajstić information content (AvgIpc) is 3.39. The minimum Gasteiger partial charge on any atom is -0.506 e. The van der Waals surface area contributed by atoms with E-state index in [1.54, 1.807) is 25.1 Å². The number of hydrogen-bond acceptors (Lipinski definition) is 7. The van der Waals surface area contributed by atoms with Crippen molar-refractivity contribution in [1.29, 1.82) is 0 Å². The molecule has 2 aromatic rings. The van der Waals surface area contributed by atoms with Crippen molar-refractivity contribution in [2.75, 3.05) is 11.5 Å². The third-order valence-corrected chi connectivity index (χ3v) is 6.63. The number of fused-ring (bicyclic) bond motifs is 2. The van der Waals surface area contributed by atoms with E-state index in [0.29, 0.717) is 5.02 Å². The third kappa shape index (κ3) is 3.09. The first-order chi connectivity index (χ1) is 16.3. The molecule has 0 unspecified atom stereocenters. The van der Waals surface area contributed by atoms with E-state index < -0.39 is 41.4 Å². The molecule has 3 atom stereocenters. The van der Waals surface area contributed by atoms with Gasteiger partial charge in [-0.3, -0.25) is 19.4 Å². The topological polar surface area (TPSA) is 113 Å². The van der Waals surface area contributed by atoms with Crippen LogP contribution in [0.1, 0.15) is 22.8 Å². The number of benzene rings is 2. The van der Waals surface area contributed by atoms with Gasteiger partial charge in [0.2, 0.25) is 11.8 Å². The number of ketones is 1. The highest BCUT2D eigenvalue weighted by molar-refractivity contribution is 6.44. The molecule has 34 heavy (non-hydrogen) atoms. The molecule has 1 N–H and O–H groups in total. The lowest BCUT2D eigenvalue weighted by Gasteiger charge is -2.19. The van der Waals surface area contributed by atoms with Gasteiger partial charge in [0.1, 0.15) is 5.76 Å². The zero-order valence-corrected chi connectivity index (χ0v) is 19.1. The van der Waals surface area contributed by atoms with E-state index in [2.05, 4.69) is 4.99 Å². The number of carbonyl (C=O) groups is 4. The number of imide groups is 1. The number of carbonyl (C=O) groups excluding carboxylic acids is 4. The van der Waals surface area contributed by atoms with Gasteiger partial charge in [0.15, 0.2) is 11.8 Å². The van der Waals surface area contributed by atoms with Gasteiger partial charge in [0.05, 0.1) is 40.4 Å². The smallest absolute Gasteiger partial charge is 0.331 e. The Hall–Kier alpha value is -3.49. The molecule has 2 aromatic carbocycles. The zero-order chi connectivity index (χ0) is 24.3. The molecule has 1 saturated heterocycles. The van der Waals surface area contributed by atoms with E-state index in [-0.39, 0.29) is 45.5 Å². The van der Waals surface area contributed by atoms with Crippen molar-refractivity contribution in [2.45, 2.75) is 13.0 Å². The number of amides is 2. The van der Waals surface area contributed by atoms with Crippen molar-refractivity contribution in [3.8, 4) is 0 Å². The van der Waals surface area contributed by atoms with Crippen LogP contribution in [0, 0.1) is 11.8 Å². The second kappa shape index (κ2) is 8.07. The standard InChI is InChI=1S/C24H16Cl2N2O6/c1-2-34-24(33)19-16-15(22(31)28(23(16)32)14-8-7-10(25)9-13(14)26)18(27-19)17-20(29)11-5-3-4-6-12(11)21(17)30/h3-9,15-16,19,29H,2H2,1H3/t15-,16+,19-/m0/s1. The quantitative estimate of drug-likeness (QED) is 0.508. The van der Waals surface area contributed by atoms with Crippen molar-refractivity contribution in [3.63, 3.8) is 0 Å². The summed E-state index contributed by atoms with van der Waals surface area (Å²) in [4.78, 5) is 58.1. The molecule has 0 radical (unpaired) electrons. The van der Waals surface area contributed by atoms with Crippen LogP contribution in [0.5, 0.6) is 0 Å². The molecule has 8 nitrogen and oxygen atoms in total. The van der Waals surface area contributed by atoms with E-state index in [9.17, 15) is 24.3 Å². The van der Waals surface area contributed by atoms with Crippen LogP contribution in [0.4, 0.5) is 5.69 Å². The highest BCUT2D eigenvalue weighted by Crippen LogP contribution is 2.45. The summed E-state index contributed by atoms with van der Waals surface area (Å²) in [7, 11) is 0. The molecule has 0 bridgehead atoms. The molecule has 5 rings (SSSR count). The Morgan fingerprint density at radius 2 is 1.79 bits per heavy atom. The number of halogens is 2. The Labute approximate surface area is 203 Å². The monoisotopic (exact) mass is 498 g/mol. The van der Waals surface area contributed by atoms with Crippen molar-refractivity contribution in [3.05, 3.63) is 69.2 Å². The highest BCUT2D eigenvalue weighted by Gasteiger charge is 2.61. The number of aliphatic hydroxyl groups is 1. The minimum atomic E-state index is -1.36. The van der Waals surface area contributed by atoms with E-state index in [4.69, 9.17) is 27.9 Å². The Morgan fingerprint density at radius 3 is 2.44 bits per heavy atom. The second-order valence-corrected chi connectivity index (χ2v) is 8.76. The van der Waals surface area contributed by atoms with Gasteiger partial charge >= 0.3 is 5.97 Å². The first kappa shape index (κ1) is 22.3. The molecule has 10 heteroatoms. The van der Waals surface area contributed by atoms with E-state index in [0.717, 1.165) is 4.90 Å². The summed E-state index contributed by atoms with van der Waals surface area (Å²) in [5.41, 5.74) is 0.302. The first-order valence-electron chi connectivity index (χ1n) is 10.4. The van der Waals surface area contributed by atoms with E-state index in [1.165, 1.54) is 24.3 Å². The molecule has 2 aliphatic heterocycles. The lowest BCUT2D eigenvalue weighted by molar-refractivity contribution is -0.147. The van der Waals surface area contributed by atoms with Gasteiger partial charge in [-0.05, 0) is 25.1 Å². The molecule has 3 aliphatic rings. The summed E-state index contributed by atoms with van der Waals surface area (Å²) >= 11 is 12.2. The van der Waals surface area contributed by atoms with Gasteiger partial charge in [0, 0.05) is 16.1 Å². The number of Topliss-reactive ketones (excluding diaryl/α,β-unsaturated/α-hetero) is 1. The fourth-order valence-corrected chi connectivity index (χ4v) is 5.15. The Bertz CT molecular complexity index is 1360. The molecule has 0 spiro atoms. The SMILES string of the molecule is CCOC(=O)[C@H]1N=C(C2=C(O)c3ccccc3C2=O)[C@H]2C(=O)N(c3ccc(Cl)cc3Cl)C(=O)[C@H]21. The van der Waals surface area contributed by atoms with Crippen LogP contribution in [0.3, 0.4) is 0 Å². The van der Waals surface area contributed by atoms with Gasteiger partial charge in [-0.1, -0.05) is 47.5 Å². The van der Waals surface area contributed by atoms with Gasteiger partial charge in [-0.25, -0.2) is 9.69 Å². The lowest BCUT2D eigenvalue weighted by Crippen LogP contribution is -2.36. The fourth-order valence-electron chi connectivity index (χ4n) is 4.66. The number of rotatable bonds is 4. The largest absolute Gasteiger partial charge is 0.506 e. The maximum absolute atomic E-state index is 13.6. The predicted octanol–water partition coefficient (Wildman–Crippen LogP) is 3.65. The van der Waals surface area contributed by atoms with Crippen molar-refractivity contribution < 1.29 is 29.0 Å². The first-order valence-corrected chi connectivity index (χ1v) is 11.2. The summed E-state index contributed by atoms with van der Waals surface area (Å²) in [6, 6.07) is 9.32. The van der Waals surface area contributed by atoms with Gasteiger partial charge < -0.3 is 9.84 Å². The number of allylic oxidation sites excluding steroid dienone is 1. The molecular weight excluding hydrogens is 483 g/mol. The molecule has 2 heterocycles. The second-order valence-electron chi connectivity index (χ2n) is 7.92. The summed E-state index contributed by atoms with van der Waals surface area (Å²) in [5.74, 6) is -5.65. The van der Waals surface area contributed by atoms with Crippen LogP contribution in [-0.2, 0) is 19.1 Å². The summed E-state index contributed by atoms with van der Waals surface area (Å²) in [5, 5.41) is 11.2. The minimum absolute atomic E-state index is 0.0325. The maximum atomic E-state index is 13.6. The number of hydrogen-bond donors (Lipinski definition) is 1. The number of nitrogens with zero attached hydrogens (tertiary/aromatic N) is 2. The van der Waals surface area contributed by atoms with E-state index in [1.807, 2.05) is 0 Å². The Morgan fingerprint density at radius 1 is 1.09 bits per heavy atom. The number of ether oxygens (including phenoxy) is 1. The molecule has 2 amide bonds. The maximum Gasteiger partial charge on any atom is 0.331 e. The van der Waals surface area contributed by atoms with Crippen molar-refractivity contribution in [1.82, 2.24) is 0 Å². The molecule has 1 aliphatic carbocycles. The third-order valence-electron chi connectivity index (χ3n) is 6.09. The van der Waals surface area contributed by atoms with Crippen molar-refractivity contribution in [2.24, 2.45) is 16.8 Å². The van der Waals surface area contributed by atoms with Crippen molar-refractivity contribution >= 4 is 63.9 Å². The highest BCUT2D eigenvalue weighted by atomic mass is 35.5. The van der Waals surface area contributed by atoms with Crippen LogP contribution >= 0.6 is 23.2 Å². The summed E-state index contributed by atoms with van der Waals surface area (Å²) in [6.45, 7) is 1.63. The van der Waals surface area contributed by atoms with Gasteiger partial charge in [0.25, 0.3) is 0 Å². The van der Waals surface area contributed by atoms with Crippen LogP contribution in [0.15, 0.2) is 53.0 Å². The number of esters is 1. The zero-order valence-electron chi connectivity index (χ0n) is 17.6. The predicted molar refractivity (Wildman–Crippen MR) is 124 cm³/mol. The lowest BCUT2D eigenvalue weighted by atomic mass is 9.85. The van der Waals surface area contributed by atoms with Gasteiger partial charge in [-0.15, -0.1) is 0 Å². The fraction of sp³-hybridized carbons (Fsp3) is 0.208. The number of aliphatic hydroxyl groups excluding tert-OH is 1. The Kier molecular flexibility index (Phi) is 5.30. The number of anilines is 1. The van der Waals surface area contributed by atoms with E-state index >= 15 is 0 Å². The Balaban J connectivity index is 1.64. The van der Waals surface area contributed by atoms with Gasteiger partial charge in [-0.2, -0.15) is 0 Å².